The van der Waals surface area contributed by atoms with Crippen LogP contribution in [0.4, 0.5) is 0 Å². The van der Waals surface area contributed by atoms with Crippen molar-refractivity contribution in [3.8, 4) is 0 Å². The molecule has 2 rings (SSSR count). The molecule has 0 N–H and O–H groups in total. The third-order valence-corrected chi connectivity index (χ3v) is 2.73. The van der Waals surface area contributed by atoms with E-state index in [1.54, 1.807) is 6.26 Å². The Bertz CT molecular complexity index is 499. The van der Waals surface area contributed by atoms with Gasteiger partial charge in [-0.15, -0.1) is 0 Å². The maximum atomic E-state index is 11.9. The van der Waals surface area contributed by atoms with E-state index in [4.69, 9.17) is 9.15 Å². The van der Waals surface area contributed by atoms with Crippen LogP contribution in [0.2, 0.25) is 0 Å². The van der Waals surface area contributed by atoms with Gasteiger partial charge in [-0.3, -0.25) is 4.79 Å². The second kappa shape index (κ2) is 4.87. The summed E-state index contributed by atoms with van der Waals surface area (Å²) in [5.41, 5.74) is 1.82. The summed E-state index contributed by atoms with van der Waals surface area (Å²) in [5, 5.41) is 0. The van der Waals surface area contributed by atoms with Crippen molar-refractivity contribution in [2.75, 3.05) is 7.11 Å². The highest BCUT2D eigenvalue weighted by Gasteiger charge is 2.27. The molecular weight excluding hydrogens is 216 g/mol. The topological polar surface area (TPSA) is 39.4 Å². The van der Waals surface area contributed by atoms with Crippen LogP contribution in [-0.4, -0.2) is 13.1 Å². The molecule has 88 valence electrons. The highest BCUT2D eigenvalue weighted by molar-refractivity contribution is 5.81. The average Bonchev–Trinajstić information content (AvgIpc) is 2.77. The minimum absolute atomic E-state index is 0.311. The average molecular weight is 230 g/mol. The second-order valence-electron chi connectivity index (χ2n) is 3.83. The van der Waals surface area contributed by atoms with Gasteiger partial charge in [-0.2, -0.15) is 0 Å². The van der Waals surface area contributed by atoms with Crippen LogP contribution in [0.15, 0.2) is 47.1 Å². The molecule has 1 unspecified atom stereocenters. The molecule has 0 radical (unpaired) electrons. The van der Waals surface area contributed by atoms with E-state index < -0.39 is 5.92 Å². The molecule has 0 aliphatic carbocycles. The molecule has 1 heterocycles. The SMILES string of the molecule is COC(=O)C(c1ccccc1)c1occc1C. The fraction of sp³-hybridized carbons (Fsp3) is 0.214. The van der Waals surface area contributed by atoms with Crippen molar-refractivity contribution in [2.24, 2.45) is 0 Å². The molecule has 0 amide bonds. The molecule has 0 saturated heterocycles. The number of furan rings is 1. The summed E-state index contributed by atoms with van der Waals surface area (Å²) in [7, 11) is 1.39. The molecular formula is C14H14O3. The number of hydrogen-bond donors (Lipinski definition) is 0. The van der Waals surface area contributed by atoms with Gasteiger partial charge in [-0.25, -0.2) is 0 Å². The molecule has 0 spiro atoms. The summed E-state index contributed by atoms with van der Waals surface area (Å²) in [5.74, 6) is -0.159. The standard InChI is InChI=1S/C14H14O3/c1-10-8-9-17-13(10)12(14(15)16-2)11-6-4-3-5-7-11/h3-9,12H,1-2H3. The predicted molar refractivity (Wildman–Crippen MR) is 63.7 cm³/mol. The zero-order chi connectivity index (χ0) is 12.3. The summed E-state index contributed by atoms with van der Waals surface area (Å²) in [4.78, 5) is 11.9. The third kappa shape index (κ3) is 2.23. The first-order valence-electron chi connectivity index (χ1n) is 5.41. The number of methoxy groups -OCH3 is 1. The summed E-state index contributed by atoms with van der Waals surface area (Å²) in [6.07, 6.45) is 1.59. The van der Waals surface area contributed by atoms with E-state index in [1.807, 2.05) is 43.3 Å². The zero-order valence-corrected chi connectivity index (χ0v) is 9.84. The predicted octanol–water partition coefficient (Wildman–Crippen LogP) is 2.89. The van der Waals surface area contributed by atoms with Crippen molar-refractivity contribution >= 4 is 5.97 Å². The molecule has 1 aromatic carbocycles. The number of benzene rings is 1. The fourth-order valence-corrected chi connectivity index (χ4v) is 1.84. The maximum absolute atomic E-state index is 11.9. The molecule has 1 aromatic heterocycles. The molecule has 0 bridgehead atoms. The van der Waals surface area contributed by atoms with Crippen molar-refractivity contribution in [1.29, 1.82) is 0 Å². The molecule has 0 fully saturated rings. The maximum Gasteiger partial charge on any atom is 0.320 e. The molecule has 0 saturated carbocycles. The van der Waals surface area contributed by atoms with Crippen LogP contribution >= 0.6 is 0 Å². The van der Waals surface area contributed by atoms with E-state index >= 15 is 0 Å². The largest absolute Gasteiger partial charge is 0.468 e. The van der Waals surface area contributed by atoms with Gasteiger partial charge in [0, 0.05) is 0 Å². The van der Waals surface area contributed by atoms with Gasteiger partial charge in [-0.05, 0) is 24.1 Å². The van der Waals surface area contributed by atoms with Crippen molar-refractivity contribution < 1.29 is 13.9 Å². The summed E-state index contributed by atoms with van der Waals surface area (Å²) in [6, 6.07) is 11.3. The van der Waals surface area contributed by atoms with E-state index in [0.717, 1.165) is 11.1 Å². The first-order valence-corrected chi connectivity index (χ1v) is 5.41. The Morgan fingerprint density at radius 2 is 1.94 bits per heavy atom. The van der Waals surface area contributed by atoms with Crippen LogP contribution in [0, 0.1) is 6.92 Å². The highest BCUT2D eigenvalue weighted by Crippen LogP contribution is 2.28. The number of rotatable bonds is 3. The Labute approximate surface area is 100 Å². The van der Waals surface area contributed by atoms with Crippen molar-refractivity contribution in [2.45, 2.75) is 12.8 Å². The monoisotopic (exact) mass is 230 g/mol. The van der Waals surface area contributed by atoms with E-state index in [9.17, 15) is 4.79 Å². The number of esters is 1. The third-order valence-electron chi connectivity index (χ3n) is 2.73. The minimum atomic E-state index is -0.490. The van der Waals surface area contributed by atoms with Gasteiger partial charge < -0.3 is 9.15 Å². The molecule has 2 aromatic rings. The van der Waals surface area contributed by atoms with Crippen molar-refractivity contribution in [1.82, 2.24) is 0 Å². The van der Waals surface area contributed by atoms with Crippen LogP contribution in [0.3, 0.4) is 0 Å². The number of carbonyl (C=O) groups excluding carboxylic acids is 1. The van der Waals surface area contributed by atoms with Crippen LogP contribution in [-0.2, 0) is 9.53 Å². The molecule has 17 heavy (non-hydrogen) atoms. The van der Waals surface area contributed by atoms with Crippen LogP contribution in [0.5, 0.6) is 0 Å². The van der Waals surface area contributed by atoms with Gasteiger partial charge in [0.05, 0.1) is 13.4 Å². The molecule has 3 nitrogen and oxygen atoms in total. The summed E-state index contributed by atoms with van der Waals surface area (Å²) >= 11 is 0. The lowest BCUT2D eigenvalue weighted by Gasteiger charge is -2.13. The van der Waals surface area contributed by atoms with Crippen molar-refractivity contribution in [3.63, 3.8) is 0 Å². The molecule has 0 aliphatic heterocycles. The van der Waals surface area contributed by atoms with E-state index in [0.29, 0.717) is 5.76 Å². The Hall–Kier alpha value is -2.03. The fourth-order valence-electron chi connectivity index (χ4n) is 1.84. The van der Waals surface area contributed by atoms with Crippen LogP contribution in [0.25, 0.3) is 0 Å². The number of aryl methyl sites for hydroxylation is 1. The van der Waals surface area contributed by atoms with Crippen LogP contribution < -0.4 is 0 Å². The smallest absolute Gasteiger partial charge is 0.320 e. The first kappa shape index (κ1) is 11.5. The van der Waals surface area contributed by atoms with Gasteiger partial charge in [0.2, 0.25) is 0 Å². The van der Waals surface area contributed by atoms with Crippen molar-refractivity contribution in [3.05, 3.63) is 59.5 Å². The summed E-state index contributed by atoms with van der Waals surface area (Å²) in [6.45, 7) is 1.91. The lowest BCUT2D eigenvalue weighted by atomic mass is 9.94. The number of carbonyl (C=O) groups is 1. The minimum Gasteiger partial charge on any atom is -0.468 e. The Kier molecular flexibility index (Phi) is 3.28. The normalized spacial score (nSPS) is 12.1. The van der Waals surface area contributed by atoms with Gasteiger partial charge in [-0.1, -0.05) is 30.3 Å². The number of hydrogen-bond acceptors (Lipinski definition) is 3. The Morgan fingerprint density at radius 1 is 1.24 bits per heavy atom. The van der Waals surface area contributed by atoms with E-state index in [-0.39, 0.29) is 5.97 Å². The van der Waals surface area contributed by atoms with E-state index in [2.05, 4.69) is 0 Å². The second-order valence-corrected chi connectivity index (χ2v) is 3.83. The first-order chi connectivity index (χ1) is 8.24. The Morgan fingerprint density at radius 3 is 2.47 bits per heavy atom. The Balaban J connectivity index is 2.47. The molecule has 1 atom stereocenters. The lowest BCUT2D eigenvalue weighted by molar-refractivity contribution is -0.141. The summed E-state index contributed by atoms with van der Waals surface area (Å²) < 4.78 is 10.2. The number of ether oxygens (including phenoxy) is 1. The lowest BCUT2D eigenvalue weighted by Crippen LogP contribution is -2.15. The highest BCUT2D eigenvalue weighted by atomic mass is 16.5. The van der Waals surface area contributed by atoms with Gasteiger partial charge in [0.25, 0.3) is 0 Å². The van der Waals surface area contributed by atoms with Gasteiger partial charge >= 0.3 is 5.97 Å². The molecule has 3 heteroatoms. The molecule has 0 aliphatic rings. The van der Waals surface area contributed by atoms with Crippen LogP contribution in [0.1, 0.15) is 22.8 Å². The van der Waals surface area contributed by atoms with Gasteiger partial charge in [0.15, 0.2) is 0 Å². The van der Waals surface area contributed by atoms with Gasteiger partial charge in [0.1, 0.15) is 11.7 Å². The van der Waals surface area contributed by atoms with E-state index in [1.165, 1.54) is 7.11 Å². The quantitative estimate of drug-likeness (QED) is 0.761. The zero-order valence-electron chi connectivity index (χ0n) is 9.84.